The smallest absolute Gasteiger partial charge is 0.261 e. The summed E-state index contributed by atoms with van der Waals surface area (Å²) in [4.78, 5) is 28.2. The SMILES string of the molecule is CCCCN1C(=O)C2=C(c3ccc(Br)cc3)NC(=O)C2=C1c1ccccc1OC. The second kappa shape index (κ2) is 7.87. The number of rotatable bonds is 6. The summed E-state index contributed by atoms with van der Waals surface area (Å²) in [6.45, 7) is 2.63. The molecule has 0 aromatic heterocycles. The van der Waals surface area contributed by atoms with Crippen molar-refractivity contribution in [1.82, 2.24) is 10.2 Å². The number of benzene rings is 2. The van der Waals surface area contributed by atoms with Gasteiger partial charge in [0, 0.05) is 16.6 Å². The van der Waals surface area contributed by atoms with Crippen molar-refractivity contribution in [1.29, 1.82) is 0 Å². The number of hydrogen-bond acceptors (Lipinski definition) is 3. The summed E-state index contributed by atoms with van der Waals surface area (Å²) >= 11 is 3.43. The second-order valence-electron chi connectivity index (χ2n) is 6.95. The Kier molecular flexibility index (Phi) is 5.28. The molecule has 2 heterocycles. The molecular weight excluding hydrogens is 432 g/mol. The number of carbonyl (C=O) groups excluding carboxylic acids is 2. The number of halogens is 1. The number of ether oxygens (including phenoxy) is 1. The number of methoxy groups -OCH3 is 1. The molecule has 5 nitrogen and oxygen atoms in total. The molecule has 0 spiro atoms. The Labute approximate surface area is 178 Å². The molecule has 0 atom stereocenters. The molecule has 4 rings (SSSR count). The predicted octanol–water partition coefficient (Wildman–Crippen LogP) is 4.35. The first-order valence-corrected chi connectivity index (χ1v) is 10.4. The number of nitrogens with one attached hydrogen (secondary N) is 1. The highest BCUT2D eigenvalue weighted by Crippen LogP contribution is 2.44. The minimum absolute atomic E-state index is 0.148. The monoisotopic (exact) mass is 452 g/mol. The highest BCUT2D eigenvalue weighted by Gasteiger charge is 2.45. The highest BCUT2D eigenvalue weighted by atomic mass is 79.9. The lowest BCUT2D eigenvalue weighted by Crippen LogP contribution is -2.28. The van der Waals surface area contributed by atoms with Crippen LogP contribution in [0.15, 0.2) is 64.1 Å². The van der Waals surface area contributed by atoms with Gasteiger partial charge in [0.25, 0.3) is 11.8 Å². The van der Waals surface area contributed by atoms with Gasteiger partial charge in [0.05, 0.1) is 29.7 Å². The molecular formula is C23H21BrN2O3. The van der Waals surface area contributed by atoms with E-state index >= 15 is 0 Å². The molecule has 0 saturated heterocycles. The largest absolute Gasteiger partial charge is 0.496 e. The minimum Gasteiger partial charge on any atom is -0.496 e. The van der Waals surface area contributed by atoms with Crippen LogP contribution in [-0.2, 0) is 9.59 Å². The zero-order valence-electron chi connectivity index (χ0n) is 16.3. The summed E-state index contributed by atoms with van der Waals surface area (Å²) in [7, 11) is 1.59. The first-order chi connectivity index (χ1) is 14.1. The summed E-state index contributed by atoms with van der Waals surface area (Å²) in [6.07, 6.45) is 1.79. The molecule has 148 valence electrons. The van der Waals surface area contributed by atoms with Gasteiger partial charge < -0.3 is 15.0 Å². The van der Waals surface area contributed by atoms with Crippen molar-refractivity contribution in [3.8, 4) is 5.75 Å². The Morgan fingerprint density at radius 1 is 1.03 bits per heavy atom. The van der Waals surface area contributed by atoms with Crippen molar-refractivity contribution in [3.63, 3.8) is 0 Å². The molecule has 6 heteroatoms. The fraction of sp³-hybridized carbons (Fsp3) is 0.217. The van der Waals surface area contributed by atoms with Gasteiger partial charge in [-0.25, -0.2) is 0 Å². The average Bonchev–Trinajstić information content (AvgIpc) is 3.22. The molecule has 0 unspecified atom stereocenters. The van der Waals surface area contributed by atoms with Crippen LogP contribution in [0, 0.1) is 0 Å². The van der Waals surface area contributed by atoms with E-state index < -0.39 is 0 Å². The fourth-order valence-corrected chi connectivity index (χ4v) is 4.04. The number of nitrogens with zero attached hydrogens (tertiary/aromatic N) is 1. The van der Waals surface area contributed by atoms with Gasteiger partial charge in [-0.1, -0.05) is 53.5 Å². The third-order valence-corrected chi connectivity index (χ3v) is 5.69. The lowest BCUT2D eigenvalue weighted by Gasteiger charge is -2.22. The molecule has 1 N–H and O–H groups in total. The molecule has 29 heavy (non-hydrogen) atoms. The van der Waals surface area contributed by atoms with Gasteiger partial charge in [-0.3, -0.25) is 9.59 Å². The van der Waals surface area contributed by atoms with Gasteiger partial charge in [0.2, 0.25) is 0 Å². The minimum atomic E-state index is -0.258. The third kappa shape index (κ3) is 3.27. The number of carbonyl (C=O) groups is 2. The van der Waals surface area contributed by atoms with Crippen LogP contribution in [0.25, 0.3) is 11.4 Å². The lowest BCUT2D eigenvalue weighted by atomic mass is 10.0. The van der Waals surface area contributed by atoms with Crippen molar-refractivity contribution in [2.45, 2.75) is 19.8 Å². The summed E-state index contributed by atoms with van der Waals surface area (Å²) < 4.78 is 6.46. The average molecular weight is 453 g/mol. The topological polar surface area (TPSA) is 58.6 Å². The number of hydrogen-bond donors (Lipinski definition) is 1. The predicted molar refractivity (Wildman–Crippen MR) is 116 cm³/mol. The molecule has 2 aliphatic heterocycles. The van der Waals surface area contributed by atoms with Crippen LogP contribution >= 0.6 is 15.9 Å². The summed E-state index contributed by atoms with van der Waals surface area (Å²) in [6, 6.07) is 15.1. The normalized spacial score (nSPS) is 15.9. The Morgan fingerprint density at radius 3 is 2.45 bits per heavy atom. The van der Waals surface area contributed by atoms with Crippen LogP contribution in [0.5, 0.6) is 5.75 Å². The number of amides is 2. The summed E-state index contributed by atoms with van der Waals surface area (Å²) in [5.74, 6) is 0.229. The van der Waals surface area contributed by atoms with Crippen molar-refractivity contribution in [2.75, 3.05) is 13.7 Å². The zero-order chi connectivity index (χ0) is 20.5. The van der Waals surface area contributed by atoms with E-state index in [0.717, 1.165) is 28.4 Å². The van der Waals surface area contributed by atoms with Crippen molar-refractivity contribution < 1.29 is 14.3 Å². The second-order valence-corrected chi connectivity index (χ2v) is 7.86. The molecule has 2 amide bonds. The number of para-hydroxylation sites is 1. The highest BCUT2D eigenvalue weighted by molar-refractivity contribution is 9.10. The van der Waals surface area contributed by atoms with Crippen LogP contribution < -0.4 is 10.1 Å². The molecule has 2 aromatic carbocycles. The van der Waals surface area contributed by atoms with E-state index in [1.807, 2.05) is 48.5 Å². The van der Waals surface area contributed by atoms with Crippen molar-refractivity contribution in [3.05, 3.63) is 75.3 Å². The first kappa shape index (κ1) is 19.5. The van der Waals surface area contributed by atoms with E-state index in [-0.39, 0.29) is 11.8 Å². The van der Waals surface area contributed by atoms with E-state index in [0.29, 0.717) is 34.8 Å². The van der Waals surface area contributed by atoms with Gasteiger partial charge in [-0.2, -0.15) is 0 Å². The van der Waals surface area contributed by atoms with Crippen LogP contribution in [0.4, 0.5) is 0 Å². The maximum absolute atomic E-state index is 13.5. The maximum Gasteiger partial charge on any atom is 0.261 e. The molecule has 0 aliphatic carbocycles. The van der Waals surface area contributed by atoms with Gasteiger partial charge in [0.1, 0.15) is 5.75 Å². The molecule has 0 radical (unpaired) electrons. The van der Waals surface area contributed by atoms with Gasteiger partial charge >= 0.3 is 0 Å². The van der Waals surface area contributed by atoms with E-state index in [4.69, 9.17) is 4.74 Å². The van der Waals surface area contributed by atoms with Crippen LogP contribution in [0.2, 0.25) is 0 Å². The Bertz CT molecular complexity index is 1050. The quantitative estimate of drug-likeness (QED) is 0.708. The Balaban J connectivity index is 1.94. The van der Waals surface area contributed by atoms with Gasteiger partial charge in [-0.05, 0) is 36.2 Å². The fourth-order valence-electron chi connectivity index (χ4n) is 3.77. The van der Waals surface area contributed by atoms with E-state index in [1.54, 1.807) is 12.0 Å². The van der Waals surface area contributed by atoms with Crippen LogP contribution in [0.3, 0.4) is 0 Å². The zero-order valence-corrected chi connectivity index (χ0v) is 17.9. The molecule has 2 aromatic rings. The first-order valence-electron chi connectivity index (χ1n) is 9.58. The van der Waals surface area contributed by atoms with Crippen molar-refractivity contribution >= 4 is 39.1 Å². The van der Waals surface area contributed by atoms with Crippen LogP contribution in [0.1, 0.15) is 30.9 Å². The maximum atomic E-state index is 13.5. The Hall–Kier alpha value is -2.86. The summed E-state index contributed by atoms with van der Waals surface area (Å²) in [5, 5.41) is 2.92. The van der Waals surface area contributed by atoms with Gasteiger partial charge in [0.15, 0.2) is 0 Å². The van der Waals surface area contributed by atoms with Gasteiger partial charge in [-0.15, -0.1) is 0 Å². The molecule has 2 aliphatic rings. The van der Waals surface area contributed by atoms with Crippen molar-refractivity contribution in [2.24, 2.45) is 0 Å². The molecule has 0 bridgehead atoms. The third-order valence-electron chi connectivity index (χ3n) is 5.16. The molecule has 0 saturated carbocycles. The van der Waals surface area contributed by atoms with E-state index in [1.165, 1.54) is 0 Å². The van der Waals surface area contributed by atoms with E-state index in [9.17, 15) is 9.59 Å². The summed E-state index contributed by atoms with van der Waals surface area (Å²) in [5.41, 5.74) is 3.60. The Morgan fingerprint density at radius 2 is 1.76 bits per heavy atom. The number of unbranched alkanes of at least 4 members (excludes halogenated alkanes) is 1. The standard InChI is InChI=1S/C23H21BrN2O3/c1-3-4-13-26-21(16-7-5-6-8-17(16)29-2)19-18(23(26)28)20(25-22(19)27)14-9-11-15(24)12-10-14/h5-12H,3-4,13H2,1-2H3,(H,25,27). The number of fused-ring (bicyclic) bond motifs is 1. The van der Waals surface area contributed by atoms with E-state index in [2.05, 4.69) is 28.2 Å². The van der Waals surface area contributed by atoms with Crippen LogP contribution in [-0.4, -0.2) is 30.4 Å². The lowest BCUT2D eigenvalue weighted by molar-refractivity contribution is -0.123. The molecule has 0 fully saturated rings.